The van der Waals surface area contributed by atoms with Crippen molar-refractivity contribution in [2.45, 2.75) is 57.0 Å². The maximum atomic E-state index is 5.99. The molecule has 2 heterocycles. The monoisotopic (exact) mass is 185 g/mol. The van der Waals surface area contributed by atoms with Gasteiger partial charge in [0.05, 0.1) is 23.9 Å². The van der Waals surface area contributed by atoms with Gasteiger partial charge in [0.2, 0.25) is 0 Å². The topological polar surface area (TPSA) is 44.5 Å². The lowest BCUT2D eigenvalue weighted by Crippen LogP contribution is -2.37. The van der Waals surface area contributed by atoms with Crippen molar-refractivity contribution in [1.82, 2.24) is 0 Å². The summed E-state index contributed by atoms with van der Waals surface area (Å²) in [5.74, 6) is 0. The van der Waals surface area contributed by atoms with Gasteiger partial charge in [-0.25, -0.2) is 0 Å². The maximum absolute atomic E-state index is 5.99. The average molecular weight is 185 g/mol. The molecule has 76 valence electrons. The summed E-state index contributed by atoms with van der Waals surface area (Å²) >= 11 is 0. The summed E-state index contributed by atoms with van der Waals surface area (Å²) in [7, 11) is 0. The second-order valence-electron chi connectivity index (χ2n) is 4.37. The van der Waals surface area contributed by atoms with E-state index in [9.17, 15) is 0 Å². The highest BCUT2D eigenvalue weighted by molar-refractivity contribution is 4.99. The predicted octanol–water partition coefficient (Wildman–Crippen LogP) is 1.06. The van der Waals surface area contributed by atoms with Gasteiger partial charge in [0.15, 0.2) is 0 Å². The van der Waals surface area contributed by atoms with E-state index in [0.29, 0.717) is 12.6 Å². The third-order valence-corrected chi connectivity index (χ3v) is 3.36. The Bertz CT molecular complexity index is 197. The van der Waals surface area contributed by atoms with Gasteiger partial charge in [-0.3, -0.25) is 0 Å². The lowest BCUT2D eigenvalue weighted by atomic mass is 9.91. The highest BCUT2D eigenvalue weighted by atomic mass is 16.6. The number of rotatable bonds is 1. The number of ether oxygens (including phenoxy) is 2. The van der Waals surface area contributed by atoms with Crippen molar-refractivity contribution in [3.05, 3.63) is 0 Å². The van der Waals surface area contributed by atoms with Crippen LogP contribution in [0.25, 0.3) is 0 Å². The summed E-state index contributed by atoms with van der Waals surface area (Å²) in [4.78, 5) is 0. The Morgan fingerprint density at radius 3 is 2.69 bits per heavy atom. The van der Waals surface area contributed by atoms with Crippen LogP contribution < -0.4 is 5.73 Å². The quantitative estimate of drug-likeness (QED) is 0.664. The SMILES string of the molecule is C[C@@H]1C[C@]2(CC[C@H](CN)O2)[C@H](C)O1. The van der Waals surface area contributed by atoms with Crippen molar-refractivity contribution in [1.29, 1.82) is 0 Å². The zero-order chi connectivity index (χ0) is 9.47. The van der Waals surface area contributed by atoms with Gasteiger partial charge >= 0.3 is 0 Å². The van der Waals surface area contributed by atoms with Crippen LogP contribution in [-0.4, -0.2) is 30.5 Å². The lowest BCUT2D eigenvalue weighted by Gasteiger charge is -2.27. The van der Waals surface area contributed by atoms with E-state index in [1.165, 1.54) is 0 Å². The van der Waals surface area contributed by atoms with E-state index in [2.05, 4.69) is 13.8 Å². The fraction of sp³-hybridized carbons (Fsp3) is 1.00. The first kappa shape index (κ1) is 9.44. The second-order valence-corrected chi connectivity index (χ2v) is 4.37. The molecule has 0 aliphatic carbocycles. The molecule has 2 saturated heterocycles. The molecular formula is C10H19NO2. The lowest BCUT2D eigenvalue weighted by molar-refractivity contribution is -0.0782. The second kappa shape index (κ2) is 3.23. The summed E-state index contributed by atoms with van der Waals surface area (Å²) in [6.07, 6.45) is 4.07. The largest absolute Gasteiger partial charge is 0.372 e. The van der Waals surface area contributed by atoms with Crippen LogP contribution in [0.1, 0.15) is 33.1 Å². The average Bonchev–Trinajstić information content (AvgIpc) is 2.59. The number of hydrogen-bond donors (Lipinski definition) is 1. The summed E-state index contributed by atoms with van der Waals surface area (Å²) in [5.41, 5.74) is 5.59. The third-order valence-electron chi connectivity index (χ3n) is 3.36. The molecule has 0 bridgehead atoms. The standard InChI is InChI=1S/C10H19NO2/c1-7-5-10(8(2)12-7)4-3-9(6-11)13-10/h7-9H,3-6,11H2,1-2H3/t7-,8+,9-,10-/m1/s1. The van der Waals surface area contributed by atoms with E-state index in [1.807, 2.05) is 0 Å². The molecule has 0 amide bonds. The first-order valence-electron chi connectivity index (χ1n) is 5.19. The van der Waals surface area contributed by atoms with E-state index in [0.717, 1.165) is 19.3 Å². The van der Waals surface area contributed by atoms with Crippen LogP contribution in [0, 0.1) is 0 Å². The van der Waals surface area contributed by atoms with Gasteiger partial charge < -0.3 is 15.2 Å². The normalized spacial score (nSPS) is 50.5. The summed E-state index contributed by atoms with van der Waals surface area (Å²) in [6.45, 7) is 4.87. The molecule has 3 heteroatoms. The Hall–Kier alpha value is -0.120. The molecule has 3 nitrogen and oxygen atoms in total. The Kier molecular flexibility index (Phi) is 2.34. The molecule has 13 heavy (non-hydrogen) atoms. The van der Waals surface area contributed by atoms with Gasteiger partial charge in [0.25, 0.3) is 0 Å². The van der Waals surface area contributed by atoms with E-state index in [1.54, 1.807) is 0 Å². The third kappa shape index (κ3) is 1.49. The molecule has 0 unspecified atom stereocenters. The van der Waals surface area contributed by atoms with Crippen molar-refractivity contribution in [2.24, 2.45) is 5.73 Å². The van der Waals surface area contributed by atoms with Crippen LogP contribution in [0.2, 0.25) is 0 Å². The minimum Gasteiger partial charge on any atom is -0.372 e. The number of hydrogen-bond acceptors (Lipinski definition) is 3. The highest BCUT2D eigenvalue weighted by Crippen LogP contribution is 2.43. The molecule has 2 rings (SSSR count). The van der Waals surface area contributed by atoms with Gasteiger partial charge in [-0.2, -0.15) is 0 Å². The highest BCUT2D eigenvalue weighted by Gasteiger charge is 2.50. The zero-order valence-electron chi connectivity index (χ0n) is 8.45. The van der Waals surface area contributed by atoms with E-state index in [4.69, 9.17) is 15.2 Å². The van der Waals surface area contributed by atoms with Crippen LogP contribution in [0.4, 0.5) is 0 Å². The van der Waals surface area contributed by atoms with E-state index >= 15 is 0 Å². The van der Waals surface area contributed by atoms with Crippen LogP contribution in [0.5, 0.6) is 0 Å². The molecule has 0 aromatic heterocycles. The summed E-state index contributed by atoms with van der Waals surface area (Å²) < 4.78 is 11.7. The molecule has 0 saturated carbocycles. The number of nitrogens with two attached hydrogens (primary N) is 1. The predicted molar refractivity (Wildman–Crippen MR) is 50.5 cm³/mol. The van der Waals surface area contributed by atoms with Crippen molar-refractivity contribution >= 4 is 0 Å². The Morgan fingerprint density at radius 2 is 2.23 bits per heavy atom. The van der Waals surface area contributed by atoms with Crippen LogP contribution in [0.15, 0.2) is 0 Å². The van der Waals surface area contributed by atoms with Crippen LogP contribution in [0.3, 0.4) is 0 Å². The van der Waals surface area contributed by atoms with Gasteiger partial charge in [-0.15, -0.1) is 0 Å². The minimum absolute atomic E-state index is 0.0105. The van der Waals surface area contributed by atoms with Gasteiger partial charge in [-0.1, -0.05) is 0 Å². The first-order valence-corrected chi connectivity index (χ1v) is 5.19. The Balaban J connectivity index is 2.06. The van der Waals surface area contributed by atoms with Gasteiger partial charge in [0, 0.05) is 13.0 Å². The fourth-order valence-corrected chi connectivity index (χ4v) is 2.64. The molecule has 1 spiro atoms. The molecule has 2 aliphatic heterocycles. The van der Waals surface area contributed by atoms with Gasteiger partial charge in [-0.05, 0) is 26.7 Å². The van der Waals surface area contributed by atoms with Crippen molar-refractivity contribution in [3.8, 4) is 0 Å². The van der Waals surface area contributed by atoms with Crippen LogP contribution in [-0.2, 0) is 9.47 Å². The summed E-state index contributed by atoms with van der Waals surface area (Å²) in [6, 6.07) is 0. The van der Waals surface area contributed by atoms with Crippen molar-refractivity contribution < 1.29 is 9.47 Å². The van der Waals surface area contributed by atoms with Crippen molar-refractivity contribution in [2.75, 3.05) is 6.54 Å². The van der Waals surface area contributed by atoms with Crippen LogP contribution >= 0.6 is 0 Å². The molecule has 4 atom stereocenters. The molecule has 2 aliphatic rings. The Labute approximate surface area is 79.6 Å². The minimum atomic E-state index is -0.0105. The molecule has 0 radical (unpaired) electrons. The molecule has 2 fully saturated rings. The van der Waals surface area contributed by atoms with E-state index in [-0.39, 0.29) is 17.8 Å². The molecule has 0 aromatic rings. The first-order chi connectivity index (χ1) is 6.16. The molecule has 0 aromatic carbocycles. The molecular weight excluding hydrogens is 166 g/mol. The van der Waals surface area contributed by atoms with E-state index < -0.39 is 0 Å². The maximum Gasteiger partial charge on any atom is 0.0970 e. The Morgan fingerprint density at radius 1 is 1.46 bits per heavy atom. The summed E-state index contributed by atoms with van der Waals surface area (Å²) in [5, 5.41) is 0. The molecule has 2 N–H and O–H groups in total. The zero-order valence-corrected chi connectivity index (χ0v) is 8.45. The van der Waals surface area contributed by atoms with Crippen molar-refractivity contribution in [3.63, 3.8) is 0 Å². The van der Waals surface area contributed by atoms with Gasteiger partial charge in [0.1, 0.15) is 0 Å². The smallest absolute Gasteiger partial charge is 0.0970 e. The fourth-order valence-electron chi connectivity index (χ4n) is 2.64.